The lowest BCUT2D eigenvalue weighted by Crippen LogP contribution is -2.32. The highest BCUT2D eigenvalue weighted by molar-refractivity contribution is 9.10. The van der Waals surface area contributed by atoms with Gasteiger partial charge < -0.3 is 15.4 Å². The minimum absolute atomic E-state index is 0.0644. The lowest BCUT2D eigenvalue weighted by atomic mass is 9.98. The predicted molar refractivity (Wildman–Crippen MR) is 99.5 cm³/mol. The van der Waals surface area contributed by atoms with Crippen LogP contribution >= 0.6 is 15.9 Å². The Morgan fingerprint density at radius 2 is 2.12 bits per heavy atom. The molecule has 0 fully saturated rings. The molecule has 1 unspecified atom stereocenters. The van der Waals surface area contributed by atoms with Gasteiger partial charge in [0.05, 0.1) is 7.11 Å². The molecule has 1 atom stereocenters. The van der Waals surface area contributed by atoms with Gasteiger partial charge in [-0.2, -0.15) is 0 Å². The number of aryl methyl sites for hydroxylation is 1. The second-order valence-corrected chi connectivity index (χ2v) is 6.93. The zero-order chi connectivity index (χ0) is 17.3. The molecule has 0 spiro atoms. The summed E-state index contributed by atoms with van der Waals surface area (Å²) in [5, 5.41) is 0. The maximum Gasteiger partial charge on any atom is 0.228 e. The zero-order valence-electron chi connectivity index (χ0n) is 13.9. The minimum Gasteiger partial charge on any atom is -0.497 e. The Bertz CT molecular complexity index is 753. The Hall–Kier alpha value is -1.85. The van der Waals surface area contributed by atoms with Gasteiger partial charge in [0.25, 0.3) is 0 Å². The first-order valence-corrected chi connectivity index (χ1v) is 8.78. The van der Waals surface area contributed by atoms with E-state index in [-0.39, 0.29) is 18.4 Å². The number of amides is 1. The van der Waals surface area contributed by atoms with Crippen LogP contribution in [0.25, 0.3) is 0 Å². The first-order chi connectivity index (χ1) is 11.5. The van der Waals surface area contributed by atoms with Crippen molar-refractivity contribution in [2.75, 3.05) is 18.6 Å². The van der Waals surface area contributed by atoms with Gasteiger partial charge >= 0.3 is 0 Å². The van der Waals surface area contributed by atoms with Crippen LogP contribution in [-0.2, 0) is 11.2 Å². The highest BCUT2D eigenvalue weighted by Gasteiger charge is 2.26. The Labute approximate surface area is 150 Å². The molecule has 3 rings (SSSR count). The number of carbonyl (C=O) groups is 1. The number of halogens is 1. The van der Waals surface area contributed by atoms with E-state index in [1.165, 1.54) is 5.56 Å². The summed E-state index contributed by atoms with van der Waals surface area (Å²) in [5.41, 5.74) is 10.6. The number of nitrogens with two attached hydrogens (primary N) is 1. The maximum atomic E-state index is 12.7. The lowest BCUT2D eigenvalue weighted by molar-refractivity contribution is -0.118. The van der Waals surface area contributed by atoms with Gasteiger partial charge in [0.2, 0.25) is 5.91 Å². The second-order valence-electron chi connectivity index (χ2n) is 6.07. The fraction of sp³-hybridized carbons (Fsp3) is 0.316. The van der Waals surface area contributed by atoms with E-state index in [4.69, 9.17) is 10.5 Å². The number of rotatable bonds is 4. The lowest BCUT2D eigenvalue weighted by Gasteiger charge is -2.22. The Morgan fingerprint density at radius 3 is 2.83 bits per heavy atom. The average molecular weight is 389 g/mol. The fourth-order valence-electron chi connectivity index (χ4n) is 3.31. The molecule has 4 nitrogen and oxygen atoms in total. The molecule has 0 saturated heterocycles. The summed E-state index contributed by atoms with van der Waals surface area (Å²) in [6.07, 6.45) is 1.18. The standard InChI is InChI=1S/C19H21BrN2O2/c1-12-9-14(24-2)10-15(20)19(12)16(21)11-18(23)22-8-7-13-5-3-4-6-17(13)22/h3-6,9-10,16H,7-8,11,21H2,1-2H3. The molecule has 0 saturated carbocycles. The van der Waals surface area contributed by atoms with Crippen molar-refractivity contribution in [3.05, 3.63) is 57.6 Å². The van der Waals surface area contributed by atoms with Gasteiger partial charge in [0, 0.05) is 29.2 Å². The van der Waals surface area contributed by atoms with Crippen molar-refractivity contribution in [3.63, 3.8) is 0 Å². The molecule has 0 radical (unpaired) electrons. The summed E-state index contributed by atoms with van der Waals surface area (Å²) in [5.74, 6) is 0.838. The van der Waals surface area contributed by atoms with E-state index < -0.39 is 0 Å². The van der Waals surface area contributed by atoms with Crippen molar-refractivity contribution < 1.29 is 9.53 Å². The molecule has 1 heterocycles. The molecule has 2 aromatic carbocycles. The summed E-state index contributed by atoms with van der Waals surface area (Å²) in [4.78, 5) is 14.6. The molecular weight excluding hydrogens is 368 g/mol. The number of hydrogen-bond donors (Lipinski definition) is 1. The SMILES string of the molecule is COc1cc(C)c(C(N)CC(=O)N2CCc3ccccc32)c(Br)c1. The van der Waals surface area contributed by atoms with E-state index in [1.807, 2.05) is 42.2 Å². The van der Waals surface area contributed by atoms with Crippen molar-refractivity contribution in [2.24, 2.45) is 5.73 Å². The fourth-order valence-corrected chi connectivity index (χ4v) is 4.14. The van der Waals surface area contributed by atoms with E-state index in [9.17, 15) is 4.79 Å². The number of nitrogens with zero attached hydrogens (tertiary/aromatic N) is 1. The monoisotopic (exact) mass is 388 g/mol. The maximum absolute atomic E-state index is 12.7. The summed E-state index contributed by atoms with van der Waals surface area (Å²) in [7, 11) is 1.63. The number of methoxy groups -OCH3 is 1. The van der Waals surface area contributed by atoms with E-state index in [0.717, 1.165) is 40.0 Å². The normalized spacial score (nSPS) is 14.4. The van der Waals surface area contributed by atoms with Crippen molar-refractivity contribution in [1.82, 2.24) is 0 Å². The quantitative estimate of drug-likeness (QED) is 0.867. The molecule has 0 bridgehead atoms. The number of benzene rings is 2. The Kier molecular flexibility index (Phi) is 4.92. The molecule has 2 N–H and O–H groups in total. The molecule has 24 heavy (non-hydrogen) atoms. The van der Waals surface area contributed by atoms with Crippen LogP contribution in [0.1, 0.15) is 29.2 Å². The third-order valence-electron chi connectivity index (χ3n) is 4.50. The molecule has 0 aromatic heterocycles. The number of ether oxygens (including phenoxy) is 1. The third-order valence-corrected chi connectivity index (χ3v) is 5.16. The van der Waals surface area contributed by atoms with Crippen LogP contribution in [0.2, 0.25) is 0 Å². The zero-order valence-corrected chi connectivity index (χ0v) is 15.5. The number of anilines is 1. The average Bonchev–Trinajstić information content (AvgIpc) is 2.98. The predicted octanol–water partition coefficient (Wildman–Crippen LogP) is 3.75. The summed E-state index contributed by atoms with van der Waals surface area (Å²) >= 11 is 3.55. The molecule has 1 amide bonds. The molecule has 1 aliphatic heterocycles. The second kappa shape index (κ2) is 6.95. The van der Waals surface area contributed by atoms with Crippen LogP contribution < -0.4 is 15.4 Å². The van der Waals surface area contributed by atoms with Gasteiger partial charge in [-0.25, -0.2) is 0 Å². The molecule has 0 aliphatic carbocycles. The topological polar surface area (TPSA) is 55.6 Å². The van der Waals surface area contributed by atoms with Crippen molar-refractivity contribution in [2.45, 2.75) is 25.8 Å². The summed E-state index contributed by atoms with van der Waals surface area (Å²) < 4.78 is 6.14. The van der Waals surface area contributed by atoms with Crippen LogP contribution in [0.15, 0.2) is 40.9 Å². The minimum atomic E-state index is -0.356. The molecular formula is C19H21BrN2O2. The molecule has 2 aromatic rings. The van der Waals surface area contributed by atoms with Crippen LogP contribution in [-0.4, -0.2) is 19.6 Å². The van der Waals surface area contributed by atoms with Crippen molar-refractivity contribution in [1.29, 1.82) is 0 Å². The van der Waals surface area contributed by atoms with Gasteiger partial charge in [-0.1, -0.05) is 34.1 Å². The van der Waals surface area contributed by atoms with E-state index in [1.54, 1.807) is 7.11 Å². The number of hydrogen-bond acceptors (Lipinski definition) is 3. The van der Waals surface area contributed by atoms with E-state index in [2.05, 4.69) is 22.0 Å². The van der Waals surface area contributed by atoms with Crippen LogP contribution in [0.3, 0.4) is 0 Å². The Balaban J connectivity index is 1.78. The third kappa shape index (κ3) is 3.19. The Morgan fingerprint density at radius 1 is 1.38 bits per heavy atom. The van der Waals surface area contributed by atoms with Crippen LogP contribution in [0.4, 0.5) is 5.69 Å². The van der Waals surface area contributed by atoms with Crippen molar-refractivity contribution >= 4 is 27.5 Å². The molecule has 1 aliphatic rings. The van der Waals surface area contributed by atoms with Gasteiger partial charge in [-0.15, -0.1) is 0 Å². The molecule has 126 valence electrons. The van der Waals surface area contributed by atoms with Gasteiger partial charge in [0.1, 0.15) is 5.75 Å². The van der Waals surface area contributed by atoms with Gasteiger partial charge in [0.15, 0.2) is 0 Å². The van der Waals surface area contributed by atoms with E-state index in [0.29, 0.717) is 0 Å². The van der Waals surface area contributed by atoms with Crippen LogP contribution in [0.5, 0.6) is 5.75 Å². The van der Waals surface area contributed by atoms with Gasteiger partial charge in [-0.05, 0) is 48.2 Å². The number of para-hydroxylation sites is 1. The van der Waals surface area contributed by atoms with Crippen LogP contribution in [0, 0.1) is 6.92 Å². The number of carbonyl (C=O) groups excluding carboxylic acids is 1. The van der Waals surface area contributed by atoms with Crippen molar-refractivity contribution in [3.8, 4) is 5.75 Å². The summed E-state index contributed by atoms with van der Waals surface area (Å²) in [6, 6.07) is 11.5. The van der Waals surface area contributed by atoms with Gasteiger partial charge in [-0.3, -0.25) is 4.79 Å². The highest BCUT2D eigenvalue weighted by Crippen LogP contribution is 2.33. The largest absolute Gasteiger partial charge is 0.497 e. The molecule has 5 heteroatoms. The van der Waals surface area contributed by atoms with E-state index >= 15 is 0 Å². The smallest absolute Gasteiger partial charge is 0.228 e. The number of fused-ring (bicyclic) bond motifs is 1. The summed E-state index contributed by atoms with van der Waals surface area (Å²) in [6.45, 7) is 2.71. The first kappa shape index (κ1) is 17.0. The highest BCUT2D eigenvalue weighted by atomic mass is 79.9. The first-order valence-electron chi connectivity index (χ1n) is 7.99.